The minimum Gasteiger partial charge on any atom is -0.381 e. The Bertz CT molecular complexity index is 739. The number of nitrogens with one attached hydrogen (secondary N) is 1. The van der Waals surface area contributed by atoms with Gasteiger partial charge in [-0.05, 0) is 11.6 Å². The van der Waals surface area contributed by atoms with Crippen molar-refractivity contribution in [2.45, 2.75) is 0 Å². The molecular weight excluding hydrogens is 250 g/mol. The van der Waals surface area contributed by atoms with Crippen LogP contribution in [0.4, 0.5) is 5.82 Å². The first-order valence-corrected chi connectivity index (χ1v) is 5.84. The van der Waals surface area contributed by atoms with Gasteiger partial charge in [-0.2, -0.15) is 15.6 Å². The van der Waals surface area contributed by atoms with Crippen LogP contribution in [-0.2, 0) is 0 Å². The van der Waals surface area contributed by atoms with E-state index in [-0.39, 0.29) is 11.4 Å². The van der Waals surface area contributed by atoms with Crippen LogP contribution in [0.3, 0.4) is 0 Å². The van der Waals surface area contributed by atoms with Gasteiger partial charge in [0.1, 0.15) is 17.7 Å². The zero-order chi connectivity index (χ0) is 14.4. The molecule has 0 aliphatic rings. The third-order valence-corrected chi connectivity index (χ3v) is 2.65. The number of aromatic nitrogens is 2. The van der Waals surface area contributed by atoms with Crippen LogP contribution >= 0.6 is 0 Å². The monoisotopic (exact) mass is 261 g/mol. The topological polar surface area (TPSA) is 102 Å². The molecule has 5 heteroatoms. The van der Waals surface area contributed by atoms with Crippen molar-refractivity contribution in [1.82, 2.24) is 10.2 Å². The molecule has 0 fully saturated rings. The number of H-pyrrole nitrogens is 1. The van der Waals surface area contributed by atoms with Gasteiger partial charge in [0, 0.05) is 0 Å². The molecular formula is C15H11N5. The smallest absolute Gasteiger partial charge is 0.163 e. The molecule has 2 aromatic rings. The fourth-order valence-corrected chi connectivity index (χ4v) is 1.66. The lowest BCUT2D eigenvalue weighted by atomic mass is 10.1. The van der Waals surface area contributed by atoms with E-state index in [2.05, 4.69) is 10.2 Å². The van der Waals surface area contributed by atoms with E-state index >= 15 is 0 Å². The summed E-state index contributed by atoms with van der Waals surface area (Å²) < 4.78 is 0. The van der Waals surface area contributed by atoms with Gasteiger partial charge < -0.3 is 5.73 Å². The van der Waals surface area contributed by atoms with Crippen molar-refractivity contribution < 1.29 is 0 Å². The van der Waals surface area contributed by atoms with Crippen molar-refractivity contribution in [2.75, 3.05) is 5.73 Å². The fourth-order valence-electron chi connectivity index (χ4n) is 1.66. The molecule has 20 heavy (non-hydrogen) atoms. The Kier molecular flexibility index (Phi) is 3.96. The summed E-state index contributed by atoms with van der Waals surface area (Å²) in [4.78, 5) is 0. The molecule has 0 aliphatic carbocycles. The summed E-state index contributed by atoms with van der Waals surface area (Å²) in [5, 5.41) is 24.5. The van der Waals surface area contributed by atoms with Crippen molar-refractivity contribution in [3.05, 3.63) is 59.3 Å². The number of anilines is 1. The van der Waals surface area contributed by atoms with Crippen LogP contribution in [0.5, 0.6) is 0 Å². The minimum atomic E-state index is 0.0932. The first-order valence-electron chi connectivity index (χ1n) is 5.84. The average molecular weight is 261 g/mol. The summed E-state index contributed by atoms with van der Waals surface area (Å²) >= 11 is 0. The highest BCUT2D eigenvalue weighted by atomic mass is 15.2. The number of aromatic amines is 1. The molecule has 3 N–H and O–H groups in total. The largest absolute Gasteiger partial charge is 0.381 e. The van der Waals surface area contributed by atoms with Gasteiger partial charge in [-0.15, -0.1) is 0 Å². The quantitative estimate of drug-likeness (QED) is 0.654. The fraction of sp³-hybridized carbons (Fsp3) is 0. The van der Waals surface area contributed by atoms with E-state index in [1.165, 1.54) is 0 Å². The van der Waals surface area contributed by atoms with Crippen LogP contribution < -0.4 is 5.73 Å². The van der Waals surface area contributed by atoms with Gasteiger partial charge >= 0.3 is 0 Å². The molecule has 0 amide bonds. The normalized spacial score (nSPS) is 11.2. The number of nitrogens with zero attached hydrogens (tertiary/aromatic N) is 3. The van der Waals surface area contributed by atoms with E-state index in [4.69, 9.17) is 16.3 Å². The Balaban J connectivity index is 2.30. The van der Waals surface area contributed by atoms with Crippen molar-refractivity contribution >= 4 is 17.5 Å². The number of hydrogen-bond donors (Lipinski definition) is 2. The van der Waals surface area contributed by atoms with Gasteiger partial charge in [0.2, 0.25) is 0 Å². The molecule has 0 saturated carbocycles. The predicted molar refractivity (Wildman–Crippen MR) is 76.8 cm³/mol. The molecule has 1 aromatic carbocycles. The lowest BCUT2D eigenvalue weighted by Gasteiger charge is -1.93. The van der Waals surface area contributed by atoms with Gasteiger partial charge in [-0.3, -0.25) is 5.10 Å². The summed E-state index contributed by atoms with van der Waals surface area (Å²) in [6, 6.07) is 13.6. The standard InChI is InChI=1S/C15H11N5/c16-9-12(14-13(10-17)15(18)20-19-14)8-4-7-11-5-2-1-3-6-11/h1-8H,(H3,18,19,20)/b7-4+,12-8+. The molecule has 0 spiro atoms. The second-order valence-corrected chi connectivity index (χ2v) is 3.93. The highest BCUT2D eigenvalue weighted by Gasteiger charge is 2.13. The lowest BCUT2D eigenvalue weighted by Crippen LogP contribution is -1.89. The van der Waals surface area contributed by atoms with Crippen molar-refractivity contribution in [2.24, 2.45) is 0 Å². The number of nitrogen functional groups attached to an aromatic ring is 1. The Hall–Kier alpha value is -3.31. The molecule has 0 bridgehead atoms. The van der Waals surface area contributed by atoms with E-state index in [9.17, 15) is 0 Å². The molecule has 0 radical (unpaired) electrons. The van der Waals surface area contributed by atoms with Gasteiger partial charge in [0.15, 0.2) is 5.82 Å². The maximum Gasteiger partial charge on any atom is 0.163 e. The summed E-state index contributed by atoms with van der Waals surface area (Å²) in [7, 11) is 0. The first-order chi connectivity index (χ1) is 9.76. The number of rotatable bonds is 3. The molecule has 1 aromatic heterocycles. The average Bonchev–Trinajstić information content (AvgIpc) is 2.85. The van der Waals surface area contributed by atoms with Crippen LogP contribution in [-0.4, -0.2) is 10.2 Å². The summed E-state index contributed by atoms with van der Waals surface area (Å²) in [6.45, 7) is 0. The second kappa shape index (κ2) is 6.03. The number of nitrogens with two attached hydrogens (primary N) is 1. The molecule has 0 unspecified atom stereocenters. The van der Waals surface area contributed by atoms with Crippen molar-refractivity contribution in [3.63, 3.8) is 0 Å². The molecule has 0 atom stereocenters. The highest BCUT2D eigenvalue weighted by molar-refractivity contribution is 5.81. The van der Waals surface area contributed by atoms with E-state index < -0.39 is 0 Å². The summed E-state index contributed by atoms with van der Waals surface area (Å²) in [5.74, 6) is 0.0932. The van der Waals surface area contributed by atoms with Crippen molar-refractivity contribution in [3.8, 4) is 12.1 Å². The zero-order valence-corrected chi connectivity index (χ0v) is 10.5. The van der Waals surface area contributed by atoms with E-state index in [1.807, 2.05) is 48.5 Å². The number of benzene rings is 1. The third kappa shape index (κ3) is 2.74. The number of hydrogen-bond acceptors (Lipinski definition) is 4. The summed E-state index contributed by atoms with van der Waals surface area (Å²) in [5.41, 5.74) is 7.39. The lowest BCUT2D eigenvalue weighted by molar-refractivity contribution is 1.08. The van der Waals surface area contributed by atoms with Gasteiger partial charge in [-0.25, -0.2) is 0 Å². The Morgan fingerprint density at radius 3 is 2.65 bits per heavy atom. The van der Waals surface area contributed by atoms with Crippen LogP contribution in [0.15, 0.2) is 42.5 Å². The maximum absolute atomic E-state index is 9.16. The number of nitriles is 2. The van der Waals surface area contributed by atoms with Gasteiger partial charge in [-0.1, -0.05) is 42.5 Å². The highest BCUT2D eigenvalue weighted by Crippen LogP contribution is 2.20. The Morgan fingerprint density at radius 2 is 2.00 bits per heavy atom. The zero-order valence-electron chi connectivity index (χ0n) is 10.5. The van der Waals surface area contributed by atoms with Crippen LogP contribution in [0.2, 0.25) is 0 Å². The Labute approximate surface area is 116 Å². The van der Waals surface area contributed by atoms with Crippen LogP contribution in [0, 0.1) is 22.7 Å². The van der Waals surface area contributed by atoms with Gasteiger partial charge in [0.05, 0.1) is 11.3 Å². The molecule has 0 saturated heterocycles. The van der Waals surface area contributed by atoms with E-state index in [0.717, 1.165) is 5.56 Å². The van der Waals surface area contributed by atoms with Crippen LogP contribution in [0.1, 0.15) is 16.8 Å². The number of allylic oxidation sites excluding steroid dienone is 3. The molecule has 1 heterocycles. The van der Waals surface area contributed by atoms with Crippen LogP contribution in [0.25, 0.3) is 11.6 Å². The SMILES string of the molecule is N#C/C(=C\C=C\c1ccccc1)c1[nH]nc(N)c1C#N. The molecule has 96 valence electrons. The third-order valence-electron chi connectivity index (χ3n) is 2.65. The maximum atomic E-state index is 9.16. The van der Waals surface area contributed by atoms with E-state index in [0.29, 0.717) is 11.3 Å². The summed E-state index contributed by atoms with van der Waals surface area (Å²) in [6.07, 6.45) is 5.22. The second-order valence-electron chi connectivity index (χ2n) is 3.93. The minimum absolute atomic E-state index is 0.0932. The van der Waals surface area contributed by atoms with Gasteiger partial charge in [0.25, 0.3) is 0 Å². The predicted octanol–water partition coefficient (Wildman–Crippen LogP) is 2.48. The molecule has 5 nitrogen and oxygen atoms in total. The first kappa shape index (κ1) is 13.1. The van der Waals surface area contributed by atoms with E-state index in [1.54, 1.807) is 12.2 Å². The Morgan fingerprint density at radius 1 is 1.25 bits per heavy atom. The van der Waals surface area contributed by atoms with Crippen molar-refractivity contribution in [1.29, 1.82) is 10.5 Å². The molecule has 0 aliphatic heterocycles. The molecule has 2 rings (SSSR count).